The van der Waals surface area contributed by atoms with Crippen LogP contribution in [0.4, 0.5) is 11.6 Å². The fraction of sp³-hybridized carbons (Fsp3) is 0.167. The monoisotopic (exact) mass is 398 g/mol. The number of aromatic nitrogens is 3. The Hall–Kier alpha value is -3.53. The quantitative estimate of drug-likeness (QED) is 0.399. The first-order valence-electron chi connectivity index (χ1n) is 8.28. The van der Waals surface area contributed by atoms with Gasteiger partial charge in [-0.15, -0.1) is 11.3 Å². The molecule has 0 radical (unpaired) electrons. The number of amides is 1. The van der Waals surface area contributed by atoms with Gasteiger partial charge in [0.25, 0.3) is 12.1 Å². The number of nitrogens with zero attached hydrogens (tertiary/aromatic N) is 3. The lowest BCUT2D eigenvalue weighted by molar-refractivity contribution is -0.739. The first-order chi connectivity index (χ1) is 13.4. The third kappa shape index (κ3) is 2.83. The number of fused-ring (bicyclic) bond motifs is 1. The van der Waals surface area contributed by atoms with Crippen LogP contribution < -0.4 is 15.7 Å². The summed E-state index contributed by atoms with van der Waals surface area (Å²) >= 11 is 1.13. The number of pyridine rings is 1. The maximum atomic E-state index is 12.7. The molecule has 0 bridgehead atoms. The highest BCUT2D eigenvalue weighted by atomic mass is 32.1. The second-order valence-electron chi connectivity index (χ2n) is 6.20. The fourth-order valence-corrected chi connectivity index (χ4v) is 4.13. The molecule has 0 aromatic carbocycles. The number of carbonyl (C=O) groups is 2. The molecule has 0 saturated carbocycles. The van der Waals surface area contributed by atoms with Gasteiger partial charge < -0.3 is 10.2 Å². The van der Waals surface area contributed by atoms with Crippen LogP contribution in [0.5, 0.6) is 0 Å². The number of ketones is 1. The molecule has 4 heterocycles. The molecule has 0 aliphatic carbocycles. The summed E-state index contributed by atoms with van der Waals surface area (Å²) in [5.74, 6) is 0.0531. The number of nitrogens with two attached hydrogens (primary N) is 1. The van der Waals surface area contributed by atoms with E-state index in [0.717, 1.165) is 11.3 Å². The molecular formula is C18H16N5O4S+. The van der Waals surface area contributed by atoms with E-state index in [4.69, 9.17) is 14.7 Å². The maximum Gasteiger partial charge on any atom is 0.302 e. The molecule has 0 aliphatic rings. The Labute approximate surface area is 162 Å². The topological polar surface area (TPSA) is 128 Å². The van der Waals surface area contributed by atoms with Gasteiger partial charge in [0.2, 0.25) is 0 Å². The molecule has 0 saturated heterocycles. The van der Waals surface area contributed by atoms with Crippen molar-refractivity contribution in [2.45, 2.75) is 13.8 Å². The number of nitrogens with one attached hydrogen (secondary N) is 1. The first kappa shape index (κ1) is 17.9. The Kier molecular flexibility index (Phi) is 4.19. The van der Waals surface area contributed by atoms with E-state index >= 15 is 0 Å². The van der Waals surface area contributed by atoms with E-state index in [2.05, 4.69) is 15.6 Å². The van der Waals surface area contributed by atoms with Crippen molar-refractivity contribution in [1.82, 2.24) is 10.3 Å². The minimum Gasteiger partial charge on any atom is -0.464 e. The average molecular weight is 398 g/mol. The smallest absolute Gasteiger partial charge is 0.302 e. The lowest BCUT2D eigenvalue weighted by atomic mass is 9.97. The summed E-state index contributed by atoms with van der Waals surface area (Å²) in [6.45, 7) is 3.20. The summed E-state index contributed by atoms with van der Waals surface area (Å²) in [5.41, 5.74) is 8.06. The van der Waals surface area contributed by atoms with E-state index < -0.39 is 5.91 Å². The standard InChI is InChI=1S/C18H15N5O4S/c1-8-12(9(2)24)13(10-5-4-6-26-10)14-15(19)16(28-18(14)20-8)17(25)21-11-7-23(3)22-27-11/h4-7H,1-3H3,(H2-,19,21,22,25)/p+1. The molecule has 0 atom stereocenters. The van der Waals surface area contributed by atoms with Gasteiger partial charge in [-0.2, -0.15) is 0 Å². The SMILES string of the molecule is CC(=O)c1c(C)nc2sc(C(=O)Nc3c[n+](C)no3)c(N)c2c1-c1ccco1. The average Bonchev–Trinajstić information content (AvgIpc) is 3.35. The largest absolute Gasteiger partial charge is 0.464 e. The van der Waals surface area contributed by atoms with Gasteiger partial charge in [0.1, 0.15) is 15.5 Å². The van der Waals surface area contributed by atoms with E-state index in [1.165, 1.54) is 24.1 Å². The van der Waals surface area contributed by atoms with E-state index in [1.54, 1.807) is 26.1 Å². The molecule has 10 heteroatoms. The highest BCUT2D eigenvalue weighted by Gasteiger charge is 2.27. The lowest BCUT2D eigenvalue weighted by Crippen LogP contribution is -2.28. The molecule has 9 nitrogen and oxygen atoms in total. The van der Waals surface area contributed by atoms with Gasteiger partial charge in [0.15, 0.2) is 18.1 Å². The van der Waals surface area contributed by atoms with Crippen LogP contribution in [0, 0.1) is 6.92 Å². The Morgan fingerprint density at radius 3 is 2.75 bits per heavy atom. The second kappa shape index (κ2) is 6.57. The number of hydrogen-bond acceptors (Lipinski definition) is 8. The van der Waals surface area contributed by atoms with Gasteiger partial charge in [0, 0.05) is 10.9 Å². The van der Waals surface area contributed by atoms with Crippen LogP contribution in [0.2, 0.25) is 0 Å². The highest BCUT2D eigenvalue weighted by Crippen LogP contribution is 2.42. The van der Waals surface area contributed by atoms with E-state index in [9.17, 15) is 9.59 Å². The molecule has 28 heavy (non-hydrogen) atoms. The number of thiophene rings is 1. The minimum absolute atomic E-state index is 0.163. The molecule has 1 amide bonds. The minimum atomic E-state index is -0.454. The predicted molar refractivity (Wildman–Crippen MR) is 102 cm³/mol. The number of nitrogen functional groups attached to an aromatic ring is 1. The lowest BCUT2D eigenvalue weighted by Gasteiger charge is -2.10. The Balaban J connectivity index is 1.92. The summed E-state index contributed by atoms with van der Waals surface area (Å²) in [7, 11) is 1.67. The Morgan fingerprint density at radius 2 is 2.14 bits per heavy atom. The molecule has 3 N–H and O–H groups in total. The van der Waals surface area contributed by atoms with Crippen LogP contribution in [-0.4, -0.2) is 21.9 Å². The molecule has 0 fully saturated rings. The van der Waals surface area contributed by atoms with Crippen LogP contribution in [0.1, 0.15) is 32.6 Å². The first-order valence-corrected chi connectivity index (χ1v) is 9.09. The normalized spacial score (nSPS) is 11.1. The molecule has 142 valence electrons. The number of anilines is 2. The van der Waals surface area contributed by atoms with Crippen molar-refractivity contribution in [3.63, 3.8) is 0 Å². The van der Waals surface area contributed by atoms with E-state index in [0.29, 0.717) is 32.8 Å². The summed E-state index contributed by atoms with van der Waals surface area (Å²) in [6, 6.07) is 3.47. The van der Waals surface area contributed by atoms with Crippen molar-refractivity contribution in [2.75, 3.05) is 11.1 Å². The Bertz CT molecular complexity index is 1220. The maximum absolute atomic E-state index is 12.7. The number of carbonyl (C=O) groups excluding carboxylic acids is 2. The van der Waals surface area contributed by atoms with Crippen molar-refractivity contribution in [3.8, 4) is 11.3 Å². The fourth-order valence-electron chi connectivity index (χ4n) is 3.08. The van der Waals surface area contributed by atoms with Gasteiger partial charge in [0.05, 0.1) is 23.2 Å². The zero-order chi connectivity index (χ0) is 20.0. The number of rotatable bonds is 4. The highest BCUT2D eigenvalue weighted by molar-refractivity contribution is 7.21. The second-order valence-corrected chi connectivity index (χ2v) is 7.20. The van der Waals surface area contributed by atoms with Gasteiger partial charge in [-0.1, -0.05) is 4.68 Å². The number of furan rings is 1. The third-order valence-corrected chi connectivity index (χ3v) is 5.29. The van der Waals surface area contributed by atoms with Gasteiger partial charge in [-0.05, 0) is 26.0 Å². The predicted octanol–water partition coefficient (Wildman–Crippen LogP) is 2.71. The zero-order valence-corrected chi connectivity index (χ0v) is 16.1. The van der Waals surface area contributed by atoms with Crippen LogP contribution in [0.15, 0.2) is 33.5 Å². The molecule has 0 spiro atoms. The van der Waals surface area contributed by atoms with Crippen molar-refractivity contribution in [3.05, 3.63) is 40.7 Å². The third-order valence-electron chi connectivity index (χ3n) is 4.19. The molecule has 0 aliphatic heterocycles. The Morgan fingerprint density at radius 1 is 1.36 bits per heavy atom. The summed E-state index contributed by atoms with van der Waals surface area (Å²) in [6.07, 6.45) is 3.03. The van der Waals surface area contributed by atoms with Crippen LogP contribution >= 0.6 is 11.3 Å². The molecular weight excluding hydrogens is 382 g/mol. The van der Waals surface area contributed by atoms with Crippen LogP contribution in [0.3, 0.4) is 0 Å². The van der Waals surface area contributed by atoms with Crippen molar-refractivity contribution in [2.24, 2.45) is 7.05 Å². The molecule has 4 rings (SSSR count). The number of Topliss-reactive ketones (excluding diaryl/α,β-unsaturated/α-hetero) is 1. The van der Waals surface area contributed by atoms with Gasteiger partial charge in [-0.25, -0.2) is 4.98 Å². The number of aryl methyl sites for hydroxylation is 2. The molecule has 4 aromatic heterocycles. The van der Waals surface area contributed by atoms with Crippen LogP contribution in [-0.2, 0) is 7.05 Å². The number of hydrogen-bond donors (Lipinski definition) is 2. The van der Waals surface area contributed by atoms with E-state index in [-0.39, 0.29) is 22.2 Å². The van der Waals surface area contributed by atoms with Gasteiger partial charge >= 0.3 is 5.88 Å². The summed E-state index contributed by atoms with van der Waals surface area (Å²) in [5, 5.41) is 6.78. The van der Waals surface area contributed by atoms with Crippen molar-refractivity contribution in [1.29, 1.82) is 0 Å². The van der Waals surface area contributed by atoms with E-state index in [1.807, 2.05) is 0 Å². The zero-order valence-electron chi connectivity index (χ0n) is 15.3. The van der Waals surface area contributed by atoms with Crippen molar-refractivity contribution < 1.29 is 23.2 Å². The summed E-state index contributed by atoms with van der Waals surface area (Å²) < 4.78 is 12.0. The van der Waals surface area contributed by atoms with Crippen molar-refractivity contribution >= 4 is 44.8 Å². The molecule has 4 aromatic rings. The van der Waals surface area contributed by atoms with Gasteiger partial charge in [-0.3, -0.25) is 19.4 Å². The van der Waals surface area contributed by atoms with Crippen LogP contribution in [0.25, 0.3) is 21.5 Å². The molecule has 0 unspecified atom stereocenters. The summed E-state index contributed by atoms with van der Waals surface area (Å²) in [4.78, 5) is 30.3.